The monoisotopic (exact) mass is 253 g/mol. The first-order valence-electron chi connectivity index (χ1n) is 4.98. The van der Waals surface area contributed by atoms with Crippen LogP contribution >= 0.6 is 11.8 Å². The van der Waals surface area contributed by atoms with Gasteiger partial charge in [-0.2, -0.15) is 0 Å². The Morgan fingerprint density at radius 3 is 2.12 bits per heavy atom. The van der Waals surface area contributed by atoms with Crippen molar-refractivity contribution in [2.24, 2.45) is 0 Å². The number of carboxylic acid groups (broad SMARTS) is 2. The molecule has 5 heteroatoms. The summed E-state index contributed by atoms with van der Waals surface area (Å²) >= 11 is 1.41. The maximum absolute atomic E-state index is 10.9. The third-order valence-electron chi connectivity index (χ3n) is 1.81. The molecule has 1 aromatic carbocycles. The minimum absolute atomic E-state index is 0.0431. The normalized spacial score (nSPS) is 11.2. The van der Waals surface area contributed by atoms with E-state index in [9.17, 15) is 14.7 Å². The molecule has 0 fully saturated rings. The number of carboxylic acids is 2. The van der Waals surface area contributed by atoms with E-state index in [0.717, 1.165) is 6.07 Å². The van der Waals surface area contributed by atoms with Gasteiger partial charge >= 0.3 is 5.97 Å². The van der Waals surface area contributed by atoms with Crippen LogP contribution in [0.3, 0.4) is 0 Å². The molecule has 0 aromatic heterocycles. The van der Waals surface area contributed by atoms with Crippen LogP contribution in [-0.4, -0.2) is 21.8 Å². The first kappa shape index (κ1) is 13.6. The molecular weight excluding hydrogens is 240 g/mol. The standard InChI is InChI=1S/C12H14O4S/c1-12(2,3)17-9-5-7(10(13)14)4-8(6-9)11(15)16/h4-6H,1-3H3,(H,13,14)(H,15,16)/p-1. The Morgan fingerprint density at radius 2 is 1.71 bits per heavy atom. The molecule has 0 spiro atoms. The van der Waals surface area contributed by atoms with Gasteiger partial charge in [0.2, 0.25) is 0 Å². The number of carbonyl (C=O) groups is 2. The molecule has 92 valence electrons. The lowest BCUT2D eigenvalue weighted by Crippen LogP contribution is -2.22. The van der Waals surface area contributed by atoms with E-state index in [2.05, 4.69) is 0 Å². The van der Waals surface area contributed by atoms with Crippen LogP contribution in [0.15, 0.2) is 23.1 Å². The van der Waals surface area contributed by atoms with Gasteiger partial charge in [-0.15, -0.1) is 11.8 Å². The van der Waals surface area contributed by atoms with Gasteiger partial charge in [-0.25, -0.2) is 4.79 Å². The molecule has 0 radical (unpaired) electrons. The predicted molar refractivity (Wildman–Crippen MR) is 63.3 cm³/mol. The van der Waals surface area contributed by atoms with Crippen LogP contribution < -0.4 is 5.11 Å². The third-order valence-corrected chi connectivity index (χ3v) is 2.90. The van der Waals surface area contributed by atoms with Crippen molar-refractivity contribution in [2.45, 2.75) is 30.4 Å². The summed E-state index contributed by atoms with van der Waals surface area (Å²) < 4.78 is -0.125. The lowest BCUT2D eigenvalue weighted by atomic mass is 10.1. The molecule has 0 amide bonds. The van der Waals surface area contributed by atoms with Crippen LogP contribution in [0.2, 0.25) is 0 Å². The SMILES string of the molecule is CC(C)(C)Sc1cc(C(=O)[O-])cc(C(=O)O)c1. The zero-order chi connectivity index (χ0) is 13.2. The summed E-state index contributed by atoms with van der Waals surface area (Å²) in [4.78, 5) is 22.3. The molecule has 0 atom stereocenters. The van der Waals surface area contributed by atoms with E-state index in [1.807, 2.05) is 20.8 Å². The highest BCUT2D eigenvalue weighted by atomic mass is 32.2. The van der Waals surface area contributed by atoms with Gasteiger partial charge in [-0.3, -0.25) is 0 Å². The van der Waals surface area contributed by atoms with E-state index in [0.29, 0.717) is 4.90 Å². The lowest BCUT2D eigenvalue weighted by Gasteiger charge is -2.18. The molecular formula is C12H13O4S-. The van der Waals surface area contributed by atoms with Crippen LogP contribution in [-0.2, 0) is 0 Å². The summed E-state index contributed by atoms with van der Waals surface area (Å²) in [6, 6.07) is 3.99. The smallest absolute Gasteiger partial charge is 0.335 e. The van der Waals surface area contributed by atoms with E-state index in [1.165, 1.54) is 23.9 Å². The van der Waals surface area contributed by atoms with E-state index < -0.39 is 11.9 Å². The number of rotatable bonds is 3. The van der Waals surface area contributed by atoms with Gasteiger partial charge in [0, 0.05) is 9.64 Å². The van der Waals surface area contributed by atoms with Crippen molar-refractivity contribution in [3.8, 4) is 0 Å². The topological polar surface area (TPSA) is 77.4 Å². The summed E-state index contributed by atoms with van der Waals surface area (Å²) in [5.41, 5.74) is -0.157. The van der Waals surface area contributed by atoms with E-state index in [-0.39, 0.29) is 15.9 Å². The number of hydrogen-bond donors (Lipinski definition) is 1. The Morgan fingerprint density at radius 1 is 1.18 bits per heavy atom. The Balaban J connectivity index is 3.22. The average Bonchev–Trinajstić information content (AvgIpc) is 2.14. The second kappa shape index (κ2) is 4.79. The number of aromatic carboxylic acids is 2. The molecule has 0 saturated carbocycles. The Kier molecular flexibility index (Phi) is 3.83. The molecule has 1 N–H and O–H groups in total. The molecule has 0 heterocycles. The first-order chi connectivity index (χ1) is 7.69. The van der Waals surface area contributed by atoms with Crippen molar-refractivity contribution < 1.29 is 19.8 Å². The molecule has 0 saturated heterocycles. The number of benzene rings is 1. The fourth-order valence-electron chi connectivity index (χ4n) is 1.25. The van der Waals surface area contributed by atoms with E-state index >= 15 is 0 Å². The van der Waals surface area contributed by atoms with Gasteiger partial charge < -0.3 is 15.0 Å². The van der Waals surface area contributed by atoms with Crippen LogP contribution in [0.4, 0.5) is 0 Å². The number of hydrogen-bond acceptors (Lipinski definition) is 4. The third kappa shape index (κ3) is 4.11. The lowest BCUT2D eigenvalue weighted by molar-refractivity contribution is -0.255. The van der Waals surface area contributed by atoms with Crippen molar-refractivity contribution in [1.29, 1.82) is 0 Å². The predicted octanol–water partition coefficient (Wildman–Crippen LogP) is 1.64. The van der Waals surface area contributed by atoms with Crippen molar-refractivity contribution >= 4 is 23.7 Å². The van der Waals surface area contributed by atoms with Gasteiger partial charge in [0.1, 0.15) is 0 Å². The molecule has 0 aliphatic carbocycles. The van der Waals surface area contributed by atoms with Gasteiger partial charge in [0.05, 0.1) is 11.5 Å². The second-order valence-corrected chi connectivity index (χ2v) is 6.45. The highest BCUT2D eigenvalue weighted by molar-refractivity contribution is 8.00. The number of carbonyl (C=O) groups excluding carboxylic acids is 1. The molecule has 17 heavy (non-hydrogen) atoms. The molecule has 4 nitrogen and oxygen atoms in total. The van der Waals surface area contributed by atoms with Crippen LogP contribution in [0.5, 0.6) is 0 Å². The van der Waals surface area contributed by atoms with Crippen LogP contribution in [0, 0.1) is 0 Å². The van der Waals surface area contributed by atoms with Crippen LogP contribution in [0.25, 0.3) is 0 Å². The highest BCUT2D eigenvalue weighted by Crippen LogP contribution is 2.32. The van der Waals surface area contributed by atoms with E-state index in [1.54, 1.807) is 0 Å². The van der Waals surface area contributed by atoms with Crippen molar-refractivity contribution in [1.82, 2.24) is 0 Å². The average molecular weight is 253 g/mol. The molecule has 0 aliphatic rings. The maximum Gasteiger partial charge on any atom is 0.335 e. The summed E-state index contributed by atoms with van der Waals surface area (Å²) in [5, 5.41) is 19.7. The van der Waals surface area contributed by atoms with Crippen molar-refractivity contribution in [2.75, 3.05) is 0 Å². The number of thioether (sulfide) groups is 1. The Labute approximate surface area is 104 Å². The summed E-state index contributed by atoms with van der Waals surface area (Å²) in [6.45, 7) is 5.89. The zero-order valence-corrected chi connectivity index (χ0v) is 10.6. The molecule has 0 unspecified atom stereocenters. The van der Waals surface area contributed by atoms with Gasteiger partial charge in [0.25, 0.3) is 0 Å². The van der Waals surface area contributed by atoms with Crippen molar-refractivity contribution in [3.05, 3.63) is 29.3 Å². The largest absolute Gasteiger partial charge is 0.545 e. The first-order valence-corrected chi connectivity index (χ1v) is 5.79. The summed E-state index contributed by atoms with van der Waals surface area (Å²) in [6.07, 6.45) is 0. The zero-order valence-electron chi connectivity index (χ0n) is 9.81. The fraction of sp³-hybridized carbons (Fsp3) is 0.333. The summed E-state index contributed by atoms with van der Waals surface area (Å²) in [5.74, 6) is -2.52. The molecule has 0 aliphatic heterocycles. The minimum atomic E-state index is -1.37. The van der Waals surface area contributed by atoms with Gasteiger partial charge in [0.15, 0.2) is 0 Å². The quantitative estimate of drug-likeness (QED) is 0.828. The summed E-state index contributed by atoms with van der Waals surface area (Å²) in [7, 11) is 0. The fourth-order valence-corrected chi connectivity index (χ4v) is 2.33. The highest BCUT2D eigenvalue weighted by Gasteiger charge is 2.15. The van der Waals surface area contributed by atoms with E-state index in [4.69, 9.17) is 5.11 Å². The second-order valence-electron chi connectivity index (χ2n) is 4.55. The van der Waals surface area contributed by atoms with Gasteiger partial charge in [-0.1, -0.05) is 20.8 Å². The van der Waals surface area contributed by atoms with Crippen molar-refractivity contribution in [3.63, 3.8) is 0 Å². The van der Waals surface area contributed by atoms with Crippen LogP contribution in [0.1, 0.15) is 41.5 Å². The Hall–Kier alpha value is -1.49. The molecule has 1 aromatic rings. The maximum atomic E-state index is 10.9. The molecule has 0 bridgehead atoms. The Bertz CT molecular complexity index is 428. The molecule has 1 rings (SSSR count). The minimum Gasteiger partial charge on any atom is -0.545 e. The van der Waals surface area contributed by atoms with Gasteiger partial charge in [-0.05, 0) is 23.8 Å².